The van der Waals surface area contributed by atoms with E-state index in [9.17, 15) is 15.0 Å². The van der Waals surface area contributed by atoms with E-state index < -0.39 is 0 Å². The highest BCUT2D eigenvalue weighted by Gasteiger charge is 2.63. The molecule has 0 aromatic rings. The summed E-state index contributed by atoms with van der Waals surface area (Å²) >= 11 is 0. The van der Waals surface area contributed by atoms with Crippen LogP contribution >= 0.6 is 0 Å². The minimum Gasteiger partial charge on any atom is -0.393 e. The van der Waals surface area contributed by atoms with Gasteiger partial charge in [-0.25, -0.2) is 0 Å². The van der Waals surface area contributed by atoms with Crippen LogP contribution in [0.5, 0.6) is 0 Å². The molecule has 4 rings (SSSR count). The standard InChI is InChI=1S/C32H58N2O3/c1-6-7-8-18-34(5)19-17-33-30(37)14-9-22(2)26-12-13-27-25-11-10-23-20-24(35)15-16-31(23,3)28(25)21-29(36)32(26,27)4/h22-29,35-36H,6-21H2,1-5H3,(H,33,37)/t22-,23?,24-,25?,26-,27?,28?,29+,31+,32-/m1/s1. The SMILES string of the molecule is CCCCCN(C)CCNC(=O)CC[C@@H](C)[C@H]1CCC2C3CCC4C[C@H](O)CC[C@]4(C)C3C[C@H](O)[C@@]21C. The van der Waals surface area contributed by atoms with Crippen LogP contribution in [0.2, 0.25) is 0 Å². The van der Waals surface area contributed by atoms with Gasteiger partial charge < -0.3 is 20.4 Å². The Morgan fingerprint density at radius 3 is 2.57 bits per heavy atom. The van der Waals surface area contributed by atoms with Crippen LogP contribution in [-0.4, -0.2) is 59.9 Å². The van der Waals surface area contributed by atoms with Crippen molar-refractivity contribution in [1.82, 2.24) is 10.2 Å². The Morgan fingerprint density at radius 2 is 1.81 bits per heavy atom. The van der Waals surface area contributed by atoms with E-state index in [1.165, 1.54) is 44.9 Å². The van der Waals surface area contributed by atoms with Gasteiger partial charge in [0, 0.05) is 19.5 Å². The normalized spacial score (nSPS) is 42.1. The smallest absolute Gasteiger partial charge is 0.220 e. The fourth-order valence-electron chi connectivity index (χ4n) is 9.94. The molecule has 4 unspecified atom stereocenters. The van der Waals surface area contributed by atoms with Crippen LogP contribution < -0.4 is 5.32 Å². The number of hydrogen-bond acceptors (Lipinski definition) is 4. The van der Waals surface area contributed by atoms with Crippen molar-refractivity contribution in [3.05, 3.63) is 0 Å². The number of unbranched alkanes of at least 4 members (excludes halogenated alkanes) is 2. The minimum absolute atomic E-state index is 0.0182. The molecule has 0 heterocycles. The van der Waals surface area contributed by atoms with Crippen molar-refractivity contribution in [2.45, 2.75) is 123 Å². The molecule has 0 radical (unpaired) electrons. The summed E-state index contributed by atoms with van der Waals surface area (Å²) in [5.74, 6) is 3.70. The fourth-order valence-corrected chi connectivity index (χ4v) is 9.94. The van der Waals surface area contributed by atoms with Gasteiger partial charge in [0.05, 0.1) is 12.2 Å². The molecule has 0 saturated heterocycles. The van der Waals surface area contributed by atoms with Crippen molar-refractivity contribution < 1.29 is 15.0 Å². The molecule has 5 nitrogen and oxygen atoms in total. The first kappa shape index (κ1) is 29.3. The molecule has 37 heavy (non-hydrogen) atoms. The molecule has 0 aromatic carbocycles. The van der Waals surface area contributed by atoms with Crippen molar-refractivity contribution in [3.63, 3.8) is 0 Å². The van der Waals surface area contributed by atoms with Gasteiger partial charge in [0.25, 0.3) is 0 Å². The Hall–Kier alpha value is -0.650. The summed E-state index contributed by atoms with van der Waals surface area (Å²) < 4.78 is 0. The molecule has 0 bridgehead atoms. The van der Waals surface area contributed by atoms with Gasteiger partial charge in [0.1, 0.15) is 0 Å². The highest BCUT2D eigenvalue weighted by atomic mass is 16.3. The third kappa shape index (κ3) is 5.94. The first-order valence-corrected chi connectivity index (χ1v) is 15.9. The van der Waals surface area contributed by atoms with E-state index >= 15 is 0 Å². The van der Waals surface area contributed by atoms with Gasteiger partial charge in [-0.05, 0) is 124 Å². The number of fused-ring (bicyclic) bond motifs is 5. The molecule has 1 amide bonds. The van der Waals surface area contributed by atoms with Crippen molar-refractivity contribution in [3.8, 4) is 0 Å². The van der Waals surface area contributed by atoms with Gasteiger partial charge in [-0.2, -0.15) is 0 Å². The van der Waals surface area contributed by atoms with Crippen molar-refractivity contribution >= 4 is 5.91 Å². The zero-order chi connectivity index (χ0) is 26.8. The Balaban J connectivity index is 1.29. The van der Waals surface area contributed by atoms with Crippen molar-refractivity contribution in [2.24, 2.45) is 46.3 Å². The van der Waals surface area contributed by atoms with E-state index in [2.05, 4.69) is 45.0 Å². The Labute approximate surface area is 227 Å². The lowest BCUT2D eigenvalue weighted by Crippen LogP contribution is -2.58. The number of nitrogens with one attached hydrogen (secondary N) is 1. The predicted molar refractivity (Wildman–Crippen MR) is 151 cm³/mol. The molecule has 10 atom stereocenters. The van der Waals surface area contributed by atoms with Crippen LogP contribution in [0, 0.1) is 46.3 Å². The molecule has 4 fully saturated rings. The maximum atomic E-state index is 12.6. The van der Waals surface area contributed by atoms with Gasteiger partial charge >= 0.3 is 0 Å². The van der Waals surface area contributed by atoms with E-state index in [0.717, 1.165) is 57.7 Å². The fraction of sp³-hybridized carbons (Fsp3) is 0.969. The van der Waals surface area contributed by atoms with E-state index in [-0.39, 0.29) is 28.9 Å². The molecular weight excluding hydrogens is 460 g/mol. The monoisotopic (exact) mass is 518 g/mol. The molecule has 0 spiro atoms. The second-order valence-electron chi connectivity index (χ2n) is 14.3. The molecular formula is C32H58N2O3. The van der Waals surface area contributed by atoms with Crippen LogP contribution in [0.25, 0.3) is 0 Å². The molecule has 0 aromatic heterocycles. The number of amides is 1. The van der Waals surface area contributed by atoms with E-state index in [0.29, 0.717) is 36.0 Å². The summed E-state index contributed by atoms with van der Waals surface area (Å²) in [4.78, 5) is 14.9. The molecule has 5 heteroatoms. The molecule has 4 aliphatic carbocycles. The van der Waals surface area contributed by atoms with Gasteiger partial charge in [-0.1, -0.05) is 40.5 Å². The van der Waals surface area contributed by atoms with Crippen LogP contribution in [0.1, 0.15) is 111 Å². The lowest BCUT2D eigenvalue weighted by molar-refractivity contribution is -0.174. The third-order valence-electron chi connectivity index (χ3n) is 12.3. The summed E-state index contributed by atoms with van der Waals surface area (Å²) in [5.41, 5.74) is 0.270. The average Bonchev–Trinajstić information content (AvgIpc) is 3.22. The number of aliphatic hydroxyl groups is 2. The van der Waals surface area contributed by atoms with E-state index in [1.54, 1.807) is 0 Å². The van der Waals surface area contributed by atoms with E-state index in [1.807, 2.05) is 0 Å². The van der Waals surface area contributed by atoms with Gasteiger partial charge in [0.15, 0.2) is 0 Å². The second kappa shape index (κ2) is 12.3. The van der Waals surface area contributed by atoms with Crippen LogP contribution in [0.3, 0.4) is 0 Å². The molecule has 0 aliphatic heterocycles. The summed E-state index contributed by atoms with van der Waals surface area (Å²) in [6.07, 6.45) is 13.9. The summed E-state index contributed by atoms with van der Waals surface area (Å²) in [7, 11) is 2.14. The first-order chi connectivity index (χ1) is 17.6. The number of carbonyl (C=O) groups excluding carboxylic acids is 1. The molecule has 4 aliphatic rings. The van der Waals surface area contributed by atoms with Gasteiger partial charge in [0.2, 0.25) is 5.91 Å². The maximum absolute atomic E-state index is 12.6. The minimum atomic E-state index is -0.242. The summed E-state index contributed by atoms with van der Waals surface area (Å²) in [6, 6.07) is 0. The van der Waals surface area contributed by atoms with Crippen LogP contribution in [0.4, 0.5) is 0 Å². The predicted octanol–water partition coefficient (Wildman–Crippen LogP) is 5.63. The zero-order valence-electron chi connectivity index (χ0n) is 24.7. The lowest BCUT2D eigenvalue weighted by atomic mass is 9.43. The molecule has 3 N–H and O–H groups in total. The van der Waals surface area contributed by atoms with Crippen LogP contribution in [-0.2, 0) is 4.79 Å². The number of hydrogen-bond donors (Lipinski definition) is 3. The largest absolute Gasteiger partial charge is 0.393 e. The second-order valence-corrected chi connectivity index (χ2v) is 14.3. The number of carbonyl (C=O) groups is 1. The topological polar surface area (TPSA) is 72.8 Å². The summed E-state index contributed by atoms with van der Waals surface area (Å²) in [6.45, 7) is 12.2. The average molecular weight is 519 g/mol. The lowest BCUT2D eigenvalue weighted by Gasteiger charge is -2.62. The third-order valence-corrected chi connectivity index (χ3v) is 12.3. The molecule has 4 saturated carbocycles. The van der Waals surface area contributed by atoms with Gasteiger partial charge in [-0.3, -0.25) is 4.79 Å². The molecule has 214 valence electrons. The Morgan fingerprint density at radius 1 is 1.03 bits per heavy atom. The Bertz CT molecular complexity index is 760. The van der Waals surface area contributed by atoms with E-state index in [4.69, 9.17) is 0 Å². The highest BCUT2D eigenvalue weighted by molar-refractivity contribution is 5.75. The van der Waals surface area contributed by atoms with Crippen LogP contribution in [0.15, 0.2) is 0 Å². The number of rotatable bonds is 11. The van der Waals surface area contributed by atoms with Gasteiger partial charge in [-0.15, -0.1) is 0 Å². The maximum Gasteiger partial charge on any atom is 0.220 e. The number of likely N-dealkylation sites (N-methyl/N-ethyl adjacent to an activating group) is 1. The zero-order valence-corrected chi connectivity index (χ0v) is 24.7. The number of aliphatic hydroxyl groups excluding tert-OH is 2. The first-order valence-electron chi connectivity index (χ1n) is 15.9. The Kier molecular flexibility index (Phi) is 9.71. The van der Waals surface area contributed by atoms with Crippen molar-refractivity contribution in [1.29, 1.82) is 0 Å². The number of nitrogens with zero attached hydrogens (tertiary/aromatic N) is 1. The summed E-state index contributed by atoms with van der Waals surface area (Å²) in [5, 5.41) is 25.2. The highest BCUT2D eigenvalue weighted by Crippen LogP contribution is 2.68. The van der Waals surface area contributed by atoms with Crippen molar-refractivity contribution in [2.75, 3.05) is 26.7 Å². The quantitative estimate of drug-likeness (QED) is 0.310.